The molecule has 27 nitrogen and oxygen atoms in total. The van der Waals surface area contributed by atoms with Gasteiger partial charge in [-0.25, -0.2) is 15.0 Å². The van der Waals surface area contributed by atoms with Gasteiger partial charge in [0.1, 0.15) is 34.9 Å². The third-order valence-corrected chi connectivity index (χ3v) is 22.0. The minimum absolute atomic E-state index is 0. The molecule has 0 aliphatic heterocycles. The number of imidazole rings is 3. The molecule has 0 atom stereocenters. The molecule has 0 unspecified atom stereocenters. The number of pyridine rings is 3. The van der Waals surface area contributed by atoms with Crippen LogP contribution < -0.4 is 30.6 Å². The van der Waals surface area contributed by atoms with Crippen LogP contribution in [-0.4, -0.2) is 104 Å². The Balaban J connectivity index is 0.000000164. The number of benzene rings is 7. The van der Waals surface area contributed by atoms with Gasteiger partial charge in [-0.15, -0.1) is 0 Å². The molecule has 12 aromatic heterocycles. The number of hydrogen-bond donors (Lipinski definition) is 0. The van der Waals surface area contributed by atoms with E-state index in [9.17, 15) is 39.5 Å². The summed E-state index contributed by atoms with van der Waals surface area (Å²) in [4.78, 5) is 48.5. The summed E-state index contributed by atoms with van der Waals surface area (Å²) in [5.74, 6) is 3.90. The van der Waals surface area contributed by atoms with E-state index in [-0.39, 0.29) is 97.8 Å². The molecule has 0 aliphatic rings. The Bertz CT molecular complexity index is 6770. The van der Waals surface area contributed by atoms with Gasteiger partial charge in [0.05, 0.1) is 17.1 Å². The first-order valence-corrected chi connectivity index (χ1v) is 43.8. The number of aryl methyl sites for hydroxylation is 4. The maximum atomic E-state index is 12.9. The van der Waals surface area contributed by atoms with Gasteiger partial charge in [-0.3, -0.25) is 45.5 Å². The van der Waals surface area contributed by atoms with Gasteiger partial charge in [0, 0.05) is 126 Å². The van der Waals surface area contributed by atoms with Crippen LogP contribution in [0.3, 0.4) is 0 Å². The molecule has 0 spiro atoms. The Hall–Kier alpha value is -13.3. The van der Waals surface area contributed by atoms with E-state index in [1.54, 1.807) is 44.1 Å². The number of hydrogen-bond acceptors (Lipinski definition) is 18. The van der Waals surface area contributed by atoms with Gasteiger partial charge >= 0.3 is 81.7 Å². The van der Waals surface area contributed by atoms with Crippen molar-refractivity contribution in [1.29, 1.82) is 0 Å². The molecule has 39 heteroatoms. The van der Waals surface area contributed by atoms with Crippen LogP contribution in [0.4, 0.5) is 39.5 Å². The molecule has 19 rings (SSSR count). The molecule has 12 heterocycles. The molecule has 19 aromatic rings. The van der Waals surface area contributed by atoms with E-state index in [2.05, 4.69) is 291 Å². The SMILES string of the molecule is CC(C)c1cccc(C(C)C)c1-c1ccc2c(-c3nc(C(F)(F)F)n[n-]3)nccc2c1.CC(C)c1cccc(C(C)C)c1-c1ccc2c(-c3nc(C(F)(F)F)n[n-]3)nccc2c1.CC(C)c1cccc(C(C)C)c1-c1ccc2c(-c3nc(C(F)(F)F)n[n-]3)nccc2c1.Cc1n[n-]c(-c2nccn2-c2ccccc2)n1.Cc1n[n-]c(-c2nccn2C(C)C)n1.Cc1n[n-]c(-c2nccn2C)n1.[Pt+2].[Pt+2].[Pt+2]. The van der Waals surface area contributed by atoms with Crippen molar-refractivity contribution in [3.63, 3.8) is 0 Å². The molecule has 7 aromatic carbocycles. The summed E-state index contributed by atoms with van der Waals surface area (Å²) >= 11 is 0. The zero-order valence-corrected chi connectivity index (χ0v) is 85.5. The molecular weight excluding hydrogens is 2340 g/mol. The van der Waals surface area contributed by atoms with E-state index in [0.29, 0.717) is 98.5 Å². The minimum atomic E-state index is -4.64. The Labute approximate surface area is 839 Å². The molecule has 0 aliphatic carbocycles. The zero-order chi connectivity index (χ0) is 97.4. The fraction of sp³-hybridized carbons (Fsp3) is 0.280. The Kier molecular flexibility index (Phi) is 34.8. The van der Waals surface area contributed by atoms with Gasteiger partial charge in [0.2, 0.25) is 0 Å². The van der Waals surface area contributed by atoms with Gasteiger partial charge < -0.3 is 74.2 Å². The fourth-order valence-corrected chi connectivity index (χ4v) is 15.6. The smallest absolute Gasteiger partial charge is 0.420 e. The third-order valence-electron chi connectivity index (χ3n) is 22.0. The second kappa shape index (κ2) is 45.5. The Morgan fingerprint density at radius 2 is 0.583 bits per heavy atom. The summed E-state index contributed by atoms with van der Waals surface area (Å²) in [6.07, 6.45) is 1.60. The Morgan fingerprint density at radius 1 is 0.288 bits per heavy atom. The maximum absolute atomic E-state index is 12.9. The third kappa shape index (κ3) is 24.7. The predicted molar refractivity (Wildman–Crippen MR) is 501 cm³/mol. The second-order valence-corrected chi connectivity index (χ2v) is 34.1. The Morgan fingerprint density at radius 3 is 0.871 bits per heavy atom. The second-order valence-electron chi connectivity index (χ2n) is 34.1. The number of nitrogens with zero attached hydrogens (tertiary/aromatic N) is 27. The van der Waals surface area contributed by atoms with Crippen LogP contribution in [0.15, 0.2) is 213 Å². The van der Waals surface area contributed by atoms with Crippen LogP contribution in [0.5, 0.6) is 0 Å². The molecule has 724 valence electrons. The zero-order valence-electron chi connectivity index (χ0n) is 78.7. The largest absolute Gasteiger partial charge is 2.00 e. The first kappa shape index (κ1) is 106. The molecule has 0 amide bonds. The first-order chi connectivity index (χ1) is 64.8. The van der Waals surface area contributed by atoms with Gasteiger partial charge in [-0.2, -0.15) is 39.5 Å². The molecule has 0 fully saturated rings. The van der Waals surface area contributed by atoms with E-state index in [1.165, 1.54) is 50.1 Å². The quantitative estimate of drug-likeness (QED) is 0.0764. The van der Waals surface area contributed by atoms with E-state index in [1.807, 2.05) is 138 Å². The molecule has 0 N–H and O–H groups in total. The van der Waals surface area contributed by atoms with Crippen molar-refractivity contribution in [3.05, 3.63) is 282 Å². The van der Waals surface area contributed by atoms with Gasteiger partial charge in [-0.1, -0.05) is 192 Å². The van der Waals surface area contributed by atoms with Crippen molar-refractivity contribution in [2.75, 3.05) is 0 Å². The summed E-state index contributed by atoms with van der Waals surface area (Å²) < 4.78 is 122. The van der Waals surface area contributed by atoms with Crippen LogP contribution in [0.25, 0.3) is 141 Å². The fourth-order valence-electron chi connectivity index (χ4n) is 15.6. The van der Waals surface area contributed by atoms with Crippen molar-refractivity contribution >= 4 is 32.3 Å². The first-order valence-electron chi connectivity index (χ1n) is 43.8. The normalized spacial score (nSPS) is 11.6. The van der Waals surface area contributed by atoms with Crippen molar-refractivity contribution in [2.45, 2.75) is 178 Å². The number of fused-ring (bicyclic) bond motifs is 3. The van der Waals surface area contributed by atoms with Crippen LogP contribution >= 0.6 is 0 Å². The van der Waals surface area contributed by atoms with Crippen LogP contribution in [0, 0.1) is 20.8 Å². The summed E-state index contributed by atoms with van der Waals surface area (Å²) in [7, 11) is 1.90. The monoisotopic (exact) mass is 2430 g/mol. The van der Waals surface area contributed by atoms with Crippen molar-refractivity contribution in [1.82, 2.24) is 135 Å². The van der Waals surface area contributed by atoms with Gasteiger partial charge in [0.15, 0.2) is 0 Å². The summed E-state index contributed by atoms with van der Waals surface area (Å²) in [6.45, 7) is 35.7. The van der Waals surface area contributed by atoms with E-state index >= 15 is 0 Å². The van der Waals surface area contributed by atoms with E-state index in [4.69, 9.17) is 0 Å². The number of aromatic nitrogens is 27. The molecule has 0 saturated carbocycles. The van der Waals surface area contributed by atoms with Gasteiger partial charge in [0.25, 0.3) is 0 Å². The van der Waals surface area contributed by atoms with E-state index < -0.39 is 36.0 Å². The van der Waals surface area contributed by atoms with Crippen molar-refractivity contribution < 1.29 is 103 Å². The van der Waals surface area contributed by atoms with Crippen molar-refractivity contribution in [2.24, 2.45) is 7.05 Å². The topological polar surface area (TPSA) is 331 Å². The van der Waals surface area contributed by atoms with E-state index in [0.717, 1.165) is 50.2 Å². The number of rotatable bonds is 17. The van der Waals surface area contributed by atoms with Gasteiger partial charge in [-0.05, 0) is 219 Å². The molecule has 0 bridgehead atoms. The molecule has 0 radical (unpaired) electrons. The summed E-state index contributed by atoms with van der Waals surface area (Å²) in [5, 5.41) is 48.4. The minimum Gasteiger partial charge on any atom is -0.420 e. The van der Waals surface area contributed by atoms with Crippen LogP contribution in [0.1, 0.15) is 207 Å². The molecule has 139 heavy (non-hydrogen) atoms. The van der Waals surface area contributed by atoms with Crippen LogP contribution in [-0.2, 0) is 88.8 Å². The predicted octanol–water partition coefficient (Wildman–Crippen LogP) is 22.7. The number of para-hydroxylation sites is 1. The summed E-state index contributed by atoms with van der Waals surface area (Å²) in [6, 6.07) is 52.7. The standard InChI is InChI=1S/3C24H22F3N4.C12H10N5.C9H12N5.C7H8N5.3Pt/c3*1-13(2)17-6-5-7-18(14(3)4)20(17)16-8-9-19-15(12-16)10-11-28-21(19)22-29-23(31-30-22)24(25,26)27;1-9-14-11(16-15-9)12-13-7-8-17(12)10-5-3-2-4-6-10;1-6(2)14-5-4-10-9(14)8-11-7(3)12-13-8;1-5-9-6(11-10-5)7-8-3-4-12(7)2;;;/h3*5-14H,1-4H3;2-8H,1H3;4-6H,1-3H3;3-4H,1-2H3;;;/q6*-1;3*+2. The van der Waals surface area contributed by atoms with Crippen molar-refractivity contribution in [3.8, 4) is 109 Å². The average molecular weight is 2430 g/mol. The molecular formula is C100H96F9N27Pt3. The molecule has 0 saturated heterocycles. The number of alkyl halides is 9. The van der Waals surface area contributed by atoms with Crippen LogP contribution in [0.2, 0.25) is 0 Å². The maximum Gasteiger partial charge on any atom is 2.00 e. The number of halogens is 9. The average Bonchev–Trinajstić information content (AvgIpc) is 1.58. The summed E-state index contributed by atoms with van der Waals surface area (Å²) in [5.41, 5.74) is 16.3.